The number of para-hydroxylation sites is 1. The molecule has 178 valence electrons. The average molecular weight is 479 g/mol. The SMILES string of the molecule is CCc1nc2cccc(-c3cccc(=O)[nH]3)c2c(=O)n1-c1ccccc1.N#Cc1cnc(N)nc1N. The number of hydrogen-bond acceptors (Lipinski definition) is 8. The van der Waals surface area contributed by atoms with Crippen LogP contribution in [0.4, 0.5) is 11.8 Å². The van der Waals surface area contributed by atoms with Crippen molar-refractivity contribution in [1.29, 1.82) is 5.26 Å². The first-order valence-electron chi connectivity index (χ1n) is 11.0. The van der Waals surface area contributed by atoms with Crippen molar-refractivity contribution in [3.05, 3.63) is 105 Å². The number of aryl methyl sites for hydroxylation is 1. The molecular formula is C26H22N8O2. The van der Waals surface area contributed by atoms with E-state index in [1.807, 2.05) is 61.5 Å². The van der Waals surface area contributed by atoms with Crippen LogP contribution in [-0.4, -0.2) is 24.5 Å². The Hall–Kier alpha value is -5.30. The molecule has 10 heteroatoms. The van der Waals surface area contributed by atoms with E-state index in [1.165, 1.54) is 12.3 Å². The highest BCUT2D eigenvalue weighted by Gasteiger charge is 2.15. The Kier molecular flexibility index (Phi) is 6.83. The van der Waals surface area contributed by atoms with Gasteiger partial charge in [0.15, 0.2) is 0 Å². The second-order valence-corrected chi connectivity index (χ2v) is 7.63. The lowest BCUT2D eigenvalue weighted by atomic mass is 10.1. The van der Waals surface area contributed by atoms with Crippen LogP contribution in [0, 0.1) is 11.3 Å². The molecule has 2 aromatic carbocycles. The zero-order chi connectivity index (χ0) is 25.7. The number of H-pyrrole nitrogens is 1. The zero-order valence-corrected chi connectivity index (χ0v) is 19.3. The third kappa shape index (κ3) is 4.80. The van der Waals surface area contributed by atoms with E-state index in [-0.39, 0.29) is 28.4 Å². The van der Waals surface area contributed by atoms with Crippen LogP contribution in [0.3, 0.4) is 0 Å². The average Bonchev–Trinajstić information content (AvgIpc) is 2.89. The Labute approximate surface area is 205 Å². The zero-order valence-electron chi connectivity index (χ0n) is 19.3. The van der Waals surface area contributed by atoms with Gasteiger partial charge in [0.25, 0.3) is 5.56 Å². The summed E-state index contributed by atoms with van der Waals surface area (Å²) < 4.78 is 1.65. The van der Waals surface area contributed by atoms with Gasteiger partial charge < -0.3 is 16.5 Å². The molecule has 0 saturated carbocycles. The maximum absolute atomic E-state index is 13.4. The lowest BCUT2D eigenvalue weighted by Crippen LogP contribution is -2.24. The molecule has 10 nitrogen and oxygen atoms in total. The number of nitriles is 1. The first kappa shape index (κ1) is 23.8. The van der Waals surface area contributed by atoms with Gasteiger partial charge in [-0.15, -0.1) is 0 Å². The Morgan fingerprint density at radius 1 is 0.972 bits per heavy atom. The number of rotatable bonds is 3. The Balaban J connectivity index is 0.000000256. The summed E-state index contributed by atoms with van der Waals surface area (Å²) in [4.78, 5) is 39.8. The van der Waals surface area contributed by atoms with Crippen molar-refractivity contribution in [1.82, 2.24) is 24.5 Å². The van der Waals surface area contributed by atoms with Crippen LogP contribution in [0.2, 0.25) is 0 Å². The van der Waals surface area contributed by atoms with E-state index in [0.29, 0.717) is 34.4 Å². The van der Waals surface area contributed by atoms with Gasteiger partial charge in [-0.25, -0.2) is 9.97 Å². The van der Waals surface area contributed by atoms with Gasteiger partial charge in [-0.1, -0.05) is 43.3 Å². The maximum atomic E-state index is 13.4. The fourth-order valence-corrected chi connectivity index (χ4v) is 3.68. The highest BCUT2D eigenvalue weighted by atomic mass is 16.1. The maximum Gasteiger partial charge on any atom is 0.266 e. The molecule has 5 N–H and O–H groups in total. The third-order valence-electron chi connectivity index (χ3n) is 5.31. The number of nitrogens with one attached hydrogen (secondary N) is 1. The lowest BCUT2D eigenvalue weighted by molar-refractivity contribution is 0.833. The van der Waals surface area contributed by atoms with E-state index < -0.39 is 0 Å². The Morgan fingerprint density at radius 3 is 2.39 bits per heavy atom. The molecule has 3 aromatic heterocycles. The Bertz CT molecular complexity index is 1700. The summed E-state index contributed by atoms with van der Waals surface area (Å²) >= 11 is 0. The molecule has 0 aliphatic rings. The number of benzene rings is 2. The first-order valence-corrected chi connectivity index (χ1v) is 11.0. The highest BCUT2D eigenvalue weighted by molar-refractivity contribution is 5.93. The van der Waals surface area contributed by atoms with Crippen LogP contribution in [0.5, 0.6) is 0 Å². The molecule has 0 radical (unpaired) electrons. The predicted octanol–water partition coefficient (Wildman–Crippen LogP) is 2.82. The number of aromatic amines is 1. The molecule has 5 rings (SSSR count). The molecule has 0 fully saturated rings. The van der Waals surface area contributed by atoms with E-state index in [2.05, 4.69) is 15.0 Å². The number of aromatic nitrogens is 5. The quantitative estimate of drug-likeness (QED) is 0.355. The molecule has 0 unspecified atom stereocenters. The van der Waals surface area contributed by atoms with Gasteiger partial charge in [0.2, 0.25) is 11.5 Å². The summed E-state index contributed by atoms with van der Waals surface area (Å²) in [6, 6.07) is 21.7. The summed E-state index contributed by atoms with van der Waals surface area (Å²) in [6.07, 6.45) is 1.92. The number of nitrogens with two attached hydrogens (primary N) is 2. The molecule has 0 amide bonds. The van der Waals surface area contributed by atoms with E-state index in [9.17, 15) is 9.59 Å². The molecule has 0 saturated heterocycles. The van der Waals surface area contributed by atoms with E-state index in [4.69, 9.17) is 21.7 Å². The van der Waals surface area contributed by atoms with Crippen molar-refractivity contribution in [2.75, 3.05) is 11.5 Å². The van der Waals surface area contributed by atoms with Gasteiger partial charge in [-0.3, -0.25) is 14.2 Å². The van der Waals surface area contributed by atoms with Gasteiger partial charge in [0, 0.05) is 23.7 Å². The first-order chi connectivity index (χ1) is 17.4. The third-order valence-corrected chi connectivity index (χ3v) is 5.31. The second kappa shape index (κ2) is 10.3. The van der Waals surface area contributed by atoms with Crippen LogP contribution in [-0.2, 0) is 6.42 Å². The topological polar surface area (TPSA) is 169 Å². The standard InChI is InChI=1S/C21H17N3O2.C5H5N5/c1-2-18-22-17-12-6-10-15(16-11-7-13-19(25)23-16)20(17)21(26)24(18)14-8-4-3-5-9-14;6-1-3-2-9-5(8)10-4(3)7/h3-13H,2H2,1H3,(H,23,25);2H,(H4,7,8,9,10). The highest BCUT2D eigenvalue weighted by Crippen LogP contribution is 2.24. The molecule has 0 spiro atoms. The van der Waals surface area contributed by atoms with Crippen molar-refractivity contribution in [3.63, 3.8) is 0 Å². The predicted molar refractivity (Wildman–Crippen MR) is 138 cm³/mol. The minimum atomic E-state index is -0.207. The van der Waals surface area contributed by atoms with Crippen molar-refractivity contribution >= 4 is 22.7 Å². The van der Waals surface area contributed by atoms with Crippen LogP contribution in [0.25, 0.3) is 27.8 Å². The fraction of sp³-hybridized carbons (Fsp3) is 0.0769. The normalized spacial score (nSPS) is 10.3. The molecule has 0 aliphatic carbocycles. The molecule has 36 heavy (non-hydrogen) atoms. The fourth-order valence-electron chi connectivity index (χ4n) is 3.68. The second-order valence-electron chi connectivity index (χ2n) is 7.63. The summed E-state index contributed by atoms with van der Waals surface area (Å²) in [5.41, 5.74) is 13.0. The smallest absolute Gasteiger partial charge is 0.266 e. The van der Waals surface area contributed by atoms with Gasteiger partial charge >= 0.3 is 0 Å². The minimum absolute atomic E-state index is 0.0801. The molecule has 0 atom stereocenters. The number of anilines is 2. The molecule has 5 aromatic rings. The van der Waals surface area contributed by atoms with Gasteiger partial charge in [-0.2, -0.15) is 10.2 Å². The number of hydrogen-bond donors (Lipinski definition) is 3. The number of nitrogens with zero attached hydrogens (tertiary/aromatic N) is 5. The van der Waals surface area contributed by atoms with Gasteiger partial charge in [0.05, 0.1) is 22.8 Å². The molecular weight excluding hydrogens is 456 g/mol. The summed E-state index contributed by atoms with van der Waals surface area (Å²) in [7, 11) is 0. The van der Waals surface area contributed by atoms with Gasteiger partial charge in [0.1, 0.15) is 23.3 Å². The van der Waals surface area contributed by atoms with Gasteiger partial charge in [-0.05, 0) is 24.3 Å². The van der Waals surface area contributed by atoms with Crippen molar-refractivity contribution < 1.29 is 0 Å². The molecule has 0 bridgehead atoms. The summed E-state index contributed by atoms with van der Waals surface area (Å²) in [5, 5.41) is 8.85. The monoisotopic (exact) mass is 478 g/mol. The van der Waals surface area contributed by atoms with E-state index >= 15 is 0 Å². The summed E-state index contributed by atoms with van der Waals surface area (Å²) in [5.74, 6) is 0.902. The summed E-state index contributed by atoms with van der Waals surface area (Å²) in [6.45, 7) is 1.98. The van der Waals surface area contributed by atoms with Crippen LogP contribution >= 0.6 is 0 Å². The number of fused-ring (bicyclic) bond motifs is 1. The van der Waals surface area contributed by atoms with Crippen LogP contribution in [0.1, 0.15) is 18.3 Å². The molecule has 3 heterocycles. The van der Waals surface area contributed by atoms with Crippen molar-refractivity contribution in [3.8, 4) is 23.0 Å². The van der Waals surface area contributed by atoms with Crippen molar-refractivity contribution in [2.24, 2.45) is 0 Å². The minimum Gasteiger partial charge on any atom is -0.382 e. The van der Waals surface area contributed by atoms with Crippen LogP contribution in [0.15, 0.2) is 82.5 Å². The van der Waals surface area contributed by atoms with Crippen LogP contribution < -0.4 is 22.6 Å². The lowest BCUT2D eigenvalue weighted by Gasteiger charge is -2.14. The van der Waals surface area contributed by atoms with E-state index in [0.717, 1.165) is 5.69 Å². The Morgan fingerprint density at radius 2 is 1.72 bits per heavy atom. The number of pyridine rings is 1. The van der Waals surface area contributed by atoms with E-state index in [1.54, 1.807) is 16.7 Å². The molecule has 0 aliphatic heterocycles. The largest absolute Gasteiger partial charge is 0.382 e. The number of nitrogen functional groups attached to an aromatic ring is 2. The van der Waals surface area contributed by atoms with Crippen molar-refractivity contribution in [2.45, 2.75) is 13.3 Å².